The summed E-state index contributed by atoms with van der Waals surface area (Å²) in [6, 6.07) is 21.6. The Morgan fingerprint density at radius 1 is 0.775 bits per heavy atom. The van der Waals surface area contributed by atoms with Gasteiger partial charge < -0.3 is 19.9 Å². The van der Waals surface area contributed by atoms with E-state index < -0.39 is 0 Å². The van der Waals surface area contributed by atoms with E-state index in [0.717, 1.165) is 18.8 Å². The third-order valence-corrected chi connectivity index (χ3v) is 6.69. The Morgan fingerprint density at radius 2 is 1.48 bits per heavy atom. The number of nitrogens with one attached hydrogen (secondary N) is 1. The smallest absolute Gasteiger partial charge is 0.272 e. The van der Waals surface area contributed by atoms with E-state index in [1.54, 1.807) is 53.4 Å². The number of amides is 2. The largest absolute Gasteiger partial charge is 0.439 e. The topological polar surface area (TPSA) is 105 Å². The first-order valence-electron chi connectivity index (χ1n) is 13.0. The van der Waals surface area contributed by atoms with Gasteiger partial charge in [0, 0.05) is 49.7 Å². The van der Waals surface area contributed by atoms with Crippen LogP contribution in [0, 0.1) is 6.92 Å². The Labute approximate surface area is 232 Å². The summed E-state index contributed by atoms with van der Waals surface area (Å²) in [4.78, 5) is 49.6. The number of benzene rings is 2. The Morgan fingerprint density at radius 3 is 2.08 bits per heavy atom. The van der Waals surface area contributed by atoms with Crippen molar-refractivity contribution in [2.75, 3.05) is 36.4 Å². The summed E-state index contributed by atoms with van der Waals surface area (Å²) in [5.74, 6) is 0.356. The van der Waals surface area contributed by atoms with Gasteiger partial charge in [0.05, 0.1) is 17.4 Å². The molecule has 9 nitrogen and oxygen atoms in total. The van der Waals surface area contributed by atoms with E-state index in [1.165, 1.54) is 24.9 Å². The summed E-state index contributed by atoms with van der Waals surface area (Å²) in [5.41, 5.74) is 4.09. The average molecular weight is 536 g/mol. The van der Waals surface area contributed by atoms with Gasteiger partial charge in [0.1, 0.15) is 11.4 Å². The van der Waals surface area contributed by atoms with Crippen molar-refractivity contribution in [1.82, 2.24) is 14.9 Å². The maximum Gasteiger partial charge on any atom is 0.272 e. The Bertz CT molecular complexity index is 1490. The Kier molecular flexibility index (Phi) is 7.82. The number of pyridine rings is 2. The van der Waals surface area contributed by atoms with Crippen molar-refractivity contribution in [3.8, 4) is 11.6 Å². The summed E-state index contributed by atoms with van der Waals surface area (Å²) in [5, 5.41) is 2.77. The predicted molar refractivity (Wildman–Crippen MR) is 152 cm³/mol. The van der Waals surface area contributed by atoms with E-state index in [-0.39, 0.29) is 17.6 Å². The molecule has 1 aliphatic rings. The Hall–Kier alpha value is -5.05. The molecular formula is C31H29N5O4. The first-order chi connectivity index (χ1) is 19.4. The molecule has 1 fully saturated rings. The standard InChI is InChI=1S/C31H29N5O4/c1-21-3-9-26(10-4-21)35-15-17-36(18-16-35)31(39)28-13-7-24(19-32-28)30(38)34-25-8-14-29(33-20-25)40-27-11-5-23(6-12-27)22(2)37/h3-14,19-20H,15-18H2,1-2H3,(H,34,38). The number of nitrogens with zero attached hydrogens (tertiary/aromatic N) is 4. The highest BCUT2D eigenvalue weighted by Gasteiger charge is 2.23. The number of piperazine rings is 1. The van der Waals surface area contributed by atoms with Crippen molar-refractivity contribution in [1.29, 1.82) is 0 Å². The number of aryl methyl sites for hydroxylation is 1. The van der Waals surface area contributed by atoms with Gasteiger partial charge in [-0.25, -0.2) is 4.98 Å². The maximum atomic E-state index is 13.0. The molecule has 0 spiro atoms. The van der Waals surface area contributed by atoms with Crippen LogP contribution in [0.4, 0.5) is 11.4 Å². The molecule has 5 rings (SSSR count). The van der Waals surface area contributed by atoms with Gasteiger partial charge in [0.2, 0.25) is 5.88 Å². The fraction of sp³-hybridized carbons (Fsp3) is 0.194. The van der Waals surface area contributed by atoms with Gasteiger partial charge in [-0.3, -0.25) is 19.4 Å². The first kappa shape index (κ1) is 26.6. The molecular weight excluding hydrogens is 506 g/mol. The van der Waals surface area contributed by atoms with E-state index in [2.05, 4.69) is 51.4 Å². The van der Waals surface area contributed by atoms with Gasteiger partial charge in [-0.2, -0.15) is 0 Å². The van der Waals surface area contributed by atoms with Crippen LogP contribution in [0.5, 0.6) is 11.6 Å². The van der Waals surface area contributed by atoms with Crippen molar-refractivity contribution >= 4 is 29.0 Å². The van der Waals surface area contributed by atoms with Crippen molar-refractivity contribution in [3.63, 3.8) is 0 Å². The average Bonchev–Trinajstić information content (AvgIpc) is 2.98. The van der Waals surface area contributed by atoms with Gasteiger partial charge in [-0.15, -0.1) is 0 Å². The fourth-order valence-electron chi connectivity index (χ4n) is 4.34. The summed E-state index contributed by atoms with van der Waals surface area (Å²) in [6.45, 7) is 6.27. The zero-order chi connectivity index (χ0) is 28.1. The van der Waals surface area contributed by atoms with Crippen LogP contribution < -0.4 is 15.0 Å². The van der Waals surface area contributed by atoms with Crippen LogP contribution >= 0.6 is 0 Å². The summed E-state index contributed by atoms with van der Waals surface area (Å²) in [6.07, 6.45) is 2.89. The molecule has 40 heavy (non-hydrogen) atoms. The number of ketones is 1. The van der Waals surface area contributed by atoms with Crippen molar-refractivity contribution < 1.29 is 19.1 Å². The number of carbonyl (C=O) groups is 3. The van der Waals surface area contributed by atoms with E-state index in [1.807, 2.05) is 0 Å². The highest BCUT2D eigenvalue weighted by molar-refractivity contribution is 6.04. The van der Waals surface area contributed by atoms with Crippen molar-refractivity contribution in [2.45, 2.75) is 13.8 Å². The maximum absolute atomic E-state index is 13.0. The van der Waals surface area contributed by atoms with E-state index in [4.69, 9.17) is 4.74 Å². The molecule has 0 bridgehead atoms. The molecule has 1 N–H and O–H groups in total. The zero-order valence-electron chi connectivity index (χ0n) is 22.3. The second kappa shape index (κ2) is 11.8. The van der Waals surface area contributed by atoms with Gasteiger partial charge in [-0.05, 0) is 68.4 Å². The normalized spacial score (nSPS) is 13.1. The lowest BCUT2D eigenvalue weighted by Gasteiger charge is -2.36. The summed E-state index contributed by atoms with van der Waals surface area (Å²) >= 11 is 0. The van der Waals surface area contributed by atoms with Crippen LogP contribution in [0.25, 0.3) is 0 Å². The fourth-order valence-corrected chi connectivity index (χ4v) is 4.34. The van der Waals surface area contributed by atoms with Crippen LogP contribution in [0.1, 0.15) is 43.7 Å². The van der Waals surface area contributed by atoms with Crippen LogP contribution in [0.3, 0.4) is 0 Å². The SMILES string of the molecule is CC(=O)c1ccc(Oc2ccc(NC(=O)c3ccc(C(=O)N4CCN(c5ccc(C)cc5)CC4)nc3)cn2)cc1. The number of hydrogen-bond acceptors (Lipinski definition) is 7. The van der Waals surface area contributed by atoms with Crippen LogP contribution in [0.15, 0.2) is 85.2 Å². The minimum Gasteiger partial charge on any atom is -0.439 e. The molecule has 2 aromatic carbocycles. The molecule has 2 aromatic heterocycles. The summed E-state index contributed by atoms with van der Waals surface area (Å²) < 4.78 is 5.69. The molecule has 1 aliphatic heterocycles. The minimum atomic E-state index is -0.367. The molecule has 202 valence electrons. The first-order valence-corrected chi connectivity index (χ1v) is 13.0. The van der Waals surface area contributed by atoms with E-state index in [0.29, 0.717) is 47.2 Å². The van der Waals surface area contributed by atoms with Crippen LogP contribution in [0.2, 0.25) is 0 Å². The van der Waals surface area contributed by atoms with Gasteiger partial charge in [0.15, 0.2) is 5.78 Å². The number of anilines is 2. The molecule has 0 atom stereocenters. The van der Waals surface area contributed by atoms with Crippen LogP contribution in [-0.2, 0) is 0 Å². The predicted octanol–water partition coefficient (Wildman–Crippen LogP) is 4.99. The minimum absolute atomic E-state index is 0.0196. The molecule has 3 heterocycles. The van der Waals surface area contributed by atoms with Crippen molar-refractivity contribution in [2.24, 2.45) is 0 Å². The highest BCUT2D eigenvalue weighted by atomic mass is 16.5. The second-order valence-electron chi connectivity index (χ2n) is 9.57. The molecule has 0 unspecified atom stereocenters. The number of carbonyl (C=O) groups excluding carboxylic acids is 3. The Balaban J connectivity index is 1.13. The van der Waals surface area contributed by atoms with Gasteiger partial charge in [-0.1, -0.05) is 17.7 Å². The molecule has 0 saturated carbocycles. The molecule has 9 heteroatoms. The lowest BCUT2D eigenvalue weighted by Crippen LogP contribution is -2.49. The highest BCUT2D eigenvalue weighted by Crippen LogP contribution is 2.22. The third-order valence-electron chi connectivity index (χ3n) is 6.69. The van der Waals surface area contributed by atoms with E-state index in [9.17, 15) is 14.4 Å². The second-order valence-corrected chi connectivity index (χ2v) is 9.57. The van der Waals surface area contributed by atoms with Crippen molar-refractivity contribution in [3.05, 3.63) is 108 Å². The number of ether oxygens (including phenoxy) is 1. The quantitative estimate of drug-likeness (QED) is 0.332. The monoisotopic (exact) mass is 535 g/mol. The van der Waals surface area contributed by atoms with E-state index >= 15 is 0 Å². The molecule has 0 radical (unpaired) electrons. The molecule has 1 saturated heterocycles. The number of aromatic nitrogens is 2. The summed E-state index contributed by atoms with van der Waals surface area (Å²) in [7, 11) is 0. The zero-order valence-corrected chi connectivity index (χ0v) is 22.3. The van der Waals surface area contributed by atoms with Gasteiger partial charge >= 0.3 is 0 Å². The van der Waals surface area contributed by atoms with Gasteiger partial charge in [0.25, 0.3) is 11.8 Å². The third kappa shape index (κ3) is 6.32. The number of hydrogen-bond donors (Lipinski definition) is 1. The molecule has 2 amide bonds. The molecule has 4 aromatic rings. The number of rotatable bonds is 7. The van der Waals surface area contributed by atoms with Crippen LogP contribution in [-0.4, -0.2) is 58.6 Å². The lowest BCUT2D eigenvalue weighted by atomic mass is 10.1. The molecule has 0 aliphatic carbocycles. The lowest BCUT2D eigenvalue weighted by molar-refractivity contribution is 0.0740. The number of Topliss-reactive ketones (excluding diaryl/α,β-unsaturated/α-hetero) is 1.